The van der Waals surface area contributed by atoms with Gasteiger partial charge in [-0.1, -0.05) is 74.6 Å². The van der Waals surface area contributed by atoms with Crippen LogP contribution in [0.15, 0.2) is 84.9 Å². The molecule has 0 aromatic rings. The van der Waals surface area contributed by atoms with E-state index >= 15 is 0 Å². The molecule has 0 heterocycles. The number of esters is 1. The molecule has 0 fully saturated rings. The predicted octanol–water partition coefficient (Wildman–Crippen LogP) is 8.58. The van der Waals surface area contributed by atoms with Crippen LogP contribution < -0.4 is 5.32 Å². The molecular formula is C33H51NO4. The molecule has 1 N–H and O–H groups in total. The van der Waals surface area contributed by atoms with Crippen molar-refractivity contribution < 1.29 is 19.1 Å². The smallest absolute Gasteiger partial charge is 0.307 e. The second-order valence-electron chi connectivity index (χ2n) is 8.78. The average Bonchev–Trinajstić information content (AvgIpc) is 2.90. The van der Waals surface area contributed by atoms with E-state index in [-0.39, 0.29) is 11.9 Å². The van der Waals surface area contributed by atoms with Crippen molar-refractivity contribution in [3.8, 4) is 0 Å². The molecule has 0 aliphatic rings. The SMILES string of the molecule is CC/C=C\C/C=C\C/C=C\CCCC/C=C\C/C=C\CCC(=O)NCCCO/C=C\C=C(/CC)OC(C)=O. The number of nitrogens with one attached hydrogen (secondary N) is 1. The quantitative estimate of drug-likeness (QED) is 0.0477. The van der Waals surface area contributed by atoms with Crippen molar-refractivity contribution in [1.29, 1.82) is 0 Å². The van der Waals surface area contributed by atoms with Crippen LogP contribution >= 0.6 is 0 Å². The van der Waals surface area contributed by atoms with Crippen LogP contribution in [0.4, 0.5) is 0 Å². The van der Waals surface area contributed by atoms with Crippen molar-refractivity contribution in [3.63, 3.8) is 0 Å². The van der Waals surface area contributed by atoms with Crippen molar-refractivity contribution >= 4 is 11.9 Å². The highest BCUT2D eigenvalue weighted by molar-refractivity contribution is 5.75. The number of ether oxygens (including phenoxy) is 2. The number of amides is 1. The van der Waals surface area contributed by atoms with Gasteiger partial charge in [-0.05, 0) is 76.4 Å². The molecule has 0 rings (SSSR count). The molecule has 0 aromatic carbocycles. The summed E-state index contributed by atoms with van der Waals surface area (Å²) in [5.41, 5.74) is 0. The summed E-state index contributed by atoms with van der Waals surface area (Å²) in [5, 5.41) is 2.91. The Morgan fingerprint density at radius 1 is 0.737 bits per heavy atom. The summed E-state index contributed by atoms with van der Waals surface area (Å²) in [4.78, 5) is 22.8. The Hall–Kier alpha value is -3.08. The predicted molar refractivity (Wildman–Crippen MR) is 160 cm³/mol. The first-order valence-corrected chi connectivity index (χ1v) is 14.3. The van der Waals surface area contributed by atoms with Gasteiger partial charge in [-0.15, -0.1) is 0 Å². The highest BCUT2D eigenvalue weighted by atomic mass is 16.5. The van der Waals surface area contributed by atoms with E-state index in [2.05, 4.69) is 73.0 Å². The third kappa shape index (κ3) is 27.5. The van der Waals surface area contributed by atoms with Gasteiger partial charge in [0, 0.05) is 26.3 Å². The lowest BCUT2D eigenvalue weighted by Crippen LogP contribution is -2.24. The zero-order valence-corrected chi connectivity index (χ0v) is 24.0. The maximum Gasteiger partial charge on any atom is 0.307 e. The van der Waals surface area contributed by atoms with Crippen LogP contribution in [-0.4, -0.2) is 25.0 Å². The van der Waals surface area contributed by atoms with Gasteiger partial charge in [-0.25, -0.2) is 0 Å². The van der Waals surface area contributed by atoms with Gasteiger partial charge in [0.1, 0.15) is 5.76 Å². The van der Waals surface area contributed by atoms with E-state index in [9.17, 15) is 9.59 Å². The lowest BCUT2D eigenvalue weighted by molar-refractivity contribution is -0.137. The molecule has 0 aliphatic carbocycles. The van der Waals surface area contributed by atoms with Gasteiger partial charge in [-0.2, -0.15) is 0 Å². The summed E-state index contributed by atoms with van der Waals surface area (Å²) in [7, 11) is 0. The van der Waals surface area contributed by atoms with Crippen molar-refractivity contribution in [2.24, 2.45) is 0 Å². The maximum absolute atomic E-state index is 11.9. The van der Waals surface area contributed by atoms with Crippen LogP contribution in [0.3, 0.4) is 0 Å². The Morgan fingerprint density at radius 2 is 1.32 bits per heavy atom. The number of carbonyl (C=O) groups is 2. The largest absolute Gasteiger partial charge is 0.501 e. The third-order valence-corrected chi connectivity index (χ3v) is 5.26. The molecule has 0 saturated carbocycles. The second kappa shape index (κ2) is 28.5. The van der Waals surface area contributed by atoms with E-state index in [1.54, 1.807) is 18.4 Å². The Bertz CT molecular complexity index is 800. The van der Waals surface area contributed by atoms with Crippen LogP contribution in [0.5, 0.6) is 0 Å². The fraction of sp³-hybridized carbons (Fsp3) is 0.515. The molecule has 0 aromatic heterocycles. The van der Waals surface area contributed by atoms with Gasteiger partial charge in [0.2, 0.25) is 5.91 Å². The summed E-state index contributed by atoms with van der Waals surface area (Å²) in [6, 6.07) is 0. The van der Waals surface area contributed by atoms with Gasteiger partial charge < -0.3 is 14.8 Å². The molecule has 38 heavy (non-hydrogen) atoms. The first-order chi connectivity index (χ1) is 18.6. The third-order valence-electron chi connectivity index (χ3n) is 5.26. The van der Waals surface area contributed by atoms with Gasteiger partial charge >= 0.3 is 5.97 Å². The fourth-order valence-electron chi connectivity index (χ4n) is 3.22. The summed E-state index contributed by atoms with van der Waals surface area (Å²) in [6.07, 6.45) is 38.5. The number of rotatable bonds is 23. The Kier molecular flexibility index (Phi) is 26.2. The van der Waals surface area contributed by atoms with Crippen molar-refractivity contribution in [3.05, 3.63) is 84.9 Å². The van der Waals surface area contributed by atoms with Crippen LogP contribution in [0.1, 0.15) is 97.8 Å². The number of allylic oxidation sites excluding steroid dienone is 13. The molecule has 5 nitrogen and oxygen atoms in total. The van der Waals surface area contributed by atoms with E-state index in [1.165, 1.54) is 19.8 Å². The molecule has 212 valence electrons. The van der Waals surface area contributed by atoms with E-state index < -0.39 is 0 Å². The Balaban J connectivity index is 3.59. The molecule has 0 bridgehead atoms. The number of carbonyl (C=O) groups excluding carboxylic acids is 2. The highest BCUT2D eigenvalue weighted by Crippen LogP contribution is 2.04. The van der Waals surface area contributed by atoms with Gasteiger partial charge in [-0.3, -0.25) is 9.59 Å². The normalized spacial score (nSPS) is 12.8. The molecule has 0 unspecified atom stereocenters. The molecule has 0 radical (unpaired) electrons. The molecule has 0 spiro atoms. The van der Waals surface area contributed by atoms with Crippen molar-refractivity contribution in [2.45, 2.75) is 97.8 Å². The number of unbranched alkanes of at least 4 members (excludes halogenated alkanes) is 3. The maximum atomic E-state index is 11.9. The molecule has 0 aliphatic heterocycles. The summed E-state index contributed by atoms with van der Waals surface area (Å²) in [6.45, 7) is 6.55. The van der Waals surface area contributed by atoms with E-state index in [0.717, 1.165) is 51.4 Å². The van der Waals surface area contributed by atoms with Crippen LogP contribution in [0, 0.1) is 0 Å². The Labute approximate surface area is 232 Å². The van der Waals surface area contributed by atoms with Crippen molar-refractivity contribution in [2.75, 3.05) is 13.2 Å². The van der Waals surface area contributed by atoms with Gasteiger partial charge in [0.25, 0.3) is 0 Å². The first kappa shape index (κ1) is 34.9. The van der Waals surface area contributed by atoms with Crippen LogP contribution in [-0.2, 0) is 19.1 Å². The van der Waals surface area contributed by atoms with Gasteiger partial charge in [0.15, 0.2) is 0 Å². The van der Waals surface area contributed by atoms with Crippen LogP contribution in [0.25, 0.3) is 0 Å². The fourth-order valence-corrected chi connectivity index (χ4v) is 3.22. The summed E-state index contributed by atoms with van der Waals surface area (Å²) < 4.78 is 10.4. The summed E-state index contributed by atoms with van der Waals surface area (Å²) >= 11 is 0. The van der Waals surface area contributed by atoms with E-state index in [0.29, 0.717) is 31.8 Å². The lowest BCUT2D eigenvalue weighted by atomic mass is 10.1. The monoisotopic (exact) mass is 525 g/mol. The summed E-state index contributed by atoms with van der Waals surface area (Å²) in [5.74, 6) is 0.331. The molecule has 0 saturated heterocycles. The van der Waals surface area contributed by atoms with Crippen molar-refractivity contribution in [1.82, 2.24) is 5.32 Å². The van der Waals surface area contributed by atoms with Gasteiger partial charge in [0.05, 0.1) is 12.9 Å². The Morgan fingerprint density at radius 3 is 1.89 bits per heavy atom. The lowest BCUT2D eigenvalue weighted by Gasteiger charge is -2.04. The van der Waals surface area contributed by atoms with E-state index in [4.69, 9.17) is 9.47 Å². The highest BCUT2D eigenvalue weighted by Gasteiger charge is 1.98. The standard InChI is InChI=1S/C33H51NO4/c1-4-6-7-8-9-10-11-12-13-14-15-16-17-18-19-20-21-22-23-27-33(36)34-28-25-30-37-29-24-26-32(5-2)38-31(3)35/h6-7,9-10,12-13,18-19,21-22,24,26,29H,4-5,8,11,14-17,20,23,25,27-28,30H2,1-3H3,(H,34,36)/b7-6-,10-9-,13-12-,19-18-,22-21-,29-24-,32-26+. The molecular weight excluding hydrogens is 474 g/mol. The molecule has 0 atom stereocenters. The number of hydrogen-bond acceptors (Lipinski definition) is 4. The number of hydrogen-bond donors (Lipinski definition) is 1. The zero-order valence-electron chi connectivity index (χ0n) is 24.0. The first-order valence-electron chi connectivity index (χ1n) is 14.3. The second-order valence-corrected chi connectivity index (χ2v) is 8.78. The van der Waals surface area contributed by atoms with E-state index in [1.807, 2.05) is 6.92 Å². The zero-order chi connectivity index (χ0) is 27.9. The minimum atomic E-state index is -0.327. The minimum absolute atomic E-state index is 0.0619. The molecule has 1 amide bonds. The topological polar surface area (TPSA) is 64.6 Å². The van der Waals surface area contributed by atoms with Crippen LogP contribution in [0.2, 0.25) is 0 Å². The minimum Gasteiger partial charge on any atom is -0.501 e. The average molecular weight is 526 g/mol. The molecule has 5 heteroatoms.